The minimum absolute atomic E-state index is 0.105. The molecule has 19 heteroatoms. The predicted molar refractivity (Wildman–Crippen MR) is 405 cm³/mol. The second-order valence-corrected chi connectivity index (χ2v) is 32.4. The van der Waals surface area contributed by atoms with Gasteiger partial charge in [0, 0.05) is 25.7 Å². The quantitative estimate of drug-likeness (QED) is 0.0222. The number of carbonyl (C=O) groups excluding carboxylic acids is 4. The Balaban J connectivity index is 5.23. The lowest BCUT2D eigenvalue weighted by molar-refractivity contribution is -0.161. The highest BCUT2D eigenvalue weighted by Gasteiger charge is 2.30. The molecule has 588 valence electrons. The van der Waals surface area contributed by atoms with Crippen molar-refractivity contribution in [3.8, 4) is 0 Å². The van der Waals surface area contributed by atoms with E-state index in [4.69, 9.17) is 37.0 Å². The lowest BCUT2D eigenvalue weighted by atomic mass is 9.99. The Kier molecular flexibility index (Phi) is 69.0. The van der Waals surface area contributed by atoms with Crippen LogP contribution in [0.5, 0.6) is 0 Å². The normalized spacial score (nSPS) is 14.8. The molecule has 0 aliphatic rings. The van der Waals surface area contributed by atoms with Crippen molar-refractivity contribution in [3.63, 3.8) is 0 Å². The summed E-state index contributed by atoms with van der Waals surface area (Å²) in [5.41, 5.74) is 0. The first kappa shape index (κ1) is 97.1. The Labute approximate surface area is 607 Å². The minimum atomic E-state index is -4.96. The molecule has 0 fully saturated rings. The number of aliphatic hydroxyl groups is 1. The summed E-state index contributed by atoms with van der Waals surface area (Å²) in [5, 5.41) is 10.6. The van der Waals surface area contributed by atoms with Crippen molar-refractivity contribution < 1.29 is 80.2 Å². The number of phosphoric acid groups is 2. The number of esters is 4. The molecular formula is C80H156O17P2. The molecular weight excluding hydrogens is 1290 g/mol. The highest BCUT2D eigenvalue weighted by molar-refractivity contribution is 7.47. The number of phosphoric ester groups is 2. The van der Waals surface area contributed by atoms with Gasteiger partial charge in [-0.25, -0.2) is 9.13 Å². The largest absolute Gasteiger partial charge is 0.472 e. The van der Waals surface area contributed by atoms with Crippen molar-refractivity contribution >= 4 is 39.5 Å². The van der Waals surface area contributed by atoms with Crippen molar-refractivity contribution in [2.75, 3.05) is 39.6 Å². The molecule has 0 aliphatic heterocycles. The van der Waals surface area contributed by atoms with Gasteiger partial charge >= 0.3 is 39.5 Å². The van der Waals surface area contributed by atoms with E-state index >= 15 is 0 Å². The van der Waals surface area contributed by atoms with Crippen molar-refractivity contribution in [3.05, 3.63) is 0 Å². The maximum absolute atomic E-state index is 13.1. The maximum atomic E-state index is 13.1. The van der Waals surface area contributed by atoms with Crippen LogP contribution in [0.25, 0.3) is 0 Å². The molecule has 0 aromatic carbocycles. The average Bonchev–Trinajstić information content (AvgIpc) is 2.19. The van der Waals surface area contributed by atoms with E-state index in [-0.39, 0.29) is 25.7 Å². The van der Waals surface area contributed by atoms with Gasteiger partial charge in [0.2, 0.25) is 0 Å². The van der Waals surface area contributed by atoms with Gasteiger partial charge in [-0.05, 0) is 43.4 Å². The summed E-state index contributed by atoms with van der Waals surface area (Å²) in [6, 6.07) is 0. The van der Waals surface area contributed by atoms with Gasteiger partial charge in [-0.3, -0.25) is 37.3 Å². The number of hydrogen-bond acceptors (Lipinski definition) is 15. The summed E-state index contributed by atoms with van der Waals surface area (Å²) >= 11 is 0. The van der Waals surface area contributed by atoms with Gasteiger partial charge in [0.05, 0.1) is 26.4 Å². The van der Waals surface area contributed by atoms with Crippen LogP contribution in [0.1, 0.15) is 414 Å². The summed E-state index contributed by atoms with van der Waals surface area (Å²) in [4.78, 5) is 73.0. The number of unbranched alkanes of at least 4 members (excludes halogenated alkanes) is 43. The van der Waals surface area contributed by atoms with E-state index in [0.717, 1.165) is 114 Å². The lowest BCUT2D eigenvalue weighted by Gasteiger charge is -2.21. The molecule has 5 unspecified atom stereocenters. The second-order valence-electron chi connectivity index (χ2n) is 29.5. The molecule has 8 atom stereocenters. The van der Waals surface area contributed by atoms with Crippen LogP contribution in [0.4, 0.5) is 0 Å². The van der Waals surface area contributed by atoms with E-state index in [2.05, 4.69) is 48.5 Å². The third-order valence-electron chi connectivity index (χ3n) is 19.7. The molecule has 99 heavy (non-hydrogen) atoms. The smallest absolute Gasteiger partial charge is 0.462 e. The fourth-order valence-electron chi connectivity index (χ4n) is 12.2. The van der Waals surface area contributed by atoms with Crippen molar-refractivity contribution in [1.29, 1.82) is 0 Å². The molecule has 0 spiro atoms. The van der Waals surface area contributed by atoms with E-state index in [1.54, 1.807) is 0 Å². The number of hydrogen-bond donors (Lipinski definition) is 3. The molecule has 0 amide bonds. The van der Waals surface area contributed by atoms with Crippen LogP contribution in [0, 0.1) is 17.8 Å². The molecule has 3 N–H and O–H groups in total. The Morgan fingerprint density at radius 2 is 0.485 bits per heavy atom. The average molecular weight is 1450 g/mol. The fraction of sp³-hybridized carbons (Fsp3) is 0.950. The van der Waals surface area contributed by atoms with Crippen LogP contribution in [-0.2, 0) is 65.4 Å². The molecule has 0 rings (SSSR count). The first-order valence-electron chi connectivity index (χ1n) is 41.5. The number of rotatable bonds is 78. The van der Waals surface area contributed by atoms with Crippen LogP contribution >= 0.6 is 15.6 Å². The Bertz CT molecular complexity index is 1930. The summed E-state index contributed by atoms with van der Waals surface area (Å²) in [6.07, 6.45) is 58.3. The Morgan fingerprint density at radius 3 is 0.717 bits per heavy atom. The molecule has 0 aliphatic carbocycles. The van der Waals surface area contributed by atoms with Gasteiger partial charge in [-0.15, -0.1) is 0 Å². The van der Waals surface area contributed by atoms with Crippen LogP contribution in [-0.4, -0.2) is 96.7 Å². The Hall–Kier alpha value is -1.94. The SMILES string of the molecule is CCCCCCCCCCCCCCCCCCCCCCCC(=O)O[C@H](COC(=O)CCCCCCCCCCCCC(C)CC)COP(=O)(O)OC[C@@H](O)COP(=O)(O)OC[C@@H](COC(=O)CCCCCCCCC(C)CC)OC(=O)CCCCCCCCCCCCC(C)CC. The minimum Gasteiger partial charge on any atom is -0.462 e. The number of ether oxygens (including phenoxy) is 4. The van der Waals surface area contributed by atoms with Gasteiger partial charge in [0.15, 0.2) is 12.2 Å². The Morgan fingerprint density at radius 1 is 0.283 bits per heavy atom. The standard InChI is InChI=1S/C80H156O17P2/c1-8-12-13-14-15-16-17-18-19-20-21-22-23-24-25-26-27-35-40-49-56-63-79(84)96-75(67-90-77(82)61-54-47-39-34-30-28-32-37-44-51-58-71(5)9-2)69-94-98(86,87)92-65-74(81)66-93-99(88,89)95-70-76(68-91-78(83)62-55-48-43-42-46-53-60-73(7)11-4)97-80(85)64-57-50-41-36-31-29-33-38-45-52-59-72(6)10-3/h71-76,81H,8-70H2,1-7H3,(H,86,87)(H,88,89)/t71?,72?,73?,74-,75-,76-/m1/s1. The van der Waals surface area contributed by atoms with Crippen LogP contribution < -0.4 is 0 Å². The predicted octanol–water partition coefficient (Wildman–Crippen LogP) is 23.7. The zero-order valence-corrected chi connectivity index (χ0v) is 66.8. The van der Waals surface area contributed by atoms with E-state index in [9.17, 15) is 43.2 Å². The molecule has 0 saturated heterocycles. The summed E-state index contributed by atoms with van der Waals surface area (Å²) < 4.78 is 68.7. The van der Waals surface area contributed by atoms with Crippen molar-refractivity contribution in [1.82, 2.24) is 0 Å². The first-order chi connectivity index (χ1) is 47.8. The van der Waals surface area contributed by atoms with Gasteiger partial charge < -0.3 is 33.8 Å². The number of aliphatic hydroxyl groups excluding tert-OH is 1. The summed E-state index contributed by atoms with van der Waals surface area (Å²) in [7, 11) is -9.92. The van der Waals surface area contributed by atoms with Crippen LogP contribution in [0.2, 0.25) is 0 Å². The van der Waals surface area contributed by atoms with E-state index < -0.39 is 97.5 Å². The van der Waals surface area contributed by atoms with Crippen LogP contribution in [0.15, 0.2) is 0 Å². The monoisotopic (exact) mass is 1450 g/mol. The molecule has 0 saturated carbocycles. The summed E-state index contributed by atoms with van der Waals surface area (Å²) in [6.45, 7) is 11.9. The maximum Gasteiger partial charge on any atom is 0.472 e. The van der Waals surface area contributed by atoms with Crippen LogP contribution in [0.3, 0.4) is 0 Å². The zero-order valence-electron chi connectivity index (χ0n) is 65.0. The highest BCUT2D eigenvalue weighted by atomic mass is 31.2. The zero-order chi connectivity index (χ0) is 73.0. The van der Waals surface area contributed by atoms with Gasteiger partial charge in [-0.1, -0.05) is 363 Å². The van der Waals surface area contributed by atoms with Gasteiger partial charge in [0.1, 0.15) is 19.3 Å². The molecule has 0 aromatic rings. The molecule has 0 radical (unpaired) electrons. The van der Waals surface area contributed by atoms with Crippen molar-refractivity contribution in [2.45, 2.75) is 433 Å². The third kappa shape index (κ3) is 70.2. The molecule has 0 heterocycles. The highest BCUT2D eigenvalue weighted by Crippen LogP contribution is 2.45. The molecule has 0 aromatic heterocycles. The van der Waals surface area contributed by atoms with Crippen molar-refractivity contribution in [2.24, 2.45) is 17.8 Å². The number of carbonyl (C=O) groups is 4. The second kappa shape index (κ2) is 70.4. The third-order valence-corrected chi connectivity index (χ3v) is 21.6. The van der Waals surface area contributed by atoms with E-state index in [0.29, 0.717) is 25.7 Å². The fourth-order valence-corrected chi connectivity index (χ4v) is 13.8. The van der Waals surface area contributed by atoms with E-state index in [1.807, 2.05) is 0 Å². The molecule has 17 nitrogen and oxygen atoms in total. The van der Waals surface area contributed by atoms with Gasteiger partial charge in [-0.2, -0.15) is 0 Å². The first-order valence-corrected chi connectivity index (χ1v) is 44.5. The van der Waals surface area contributed by atoms with E-state index in [1.165, 1.54) is 218 Å². The lowest BCUT2D eigenvalue weighted by Crippen LogP contribution is -2.30. The molecule has 0 bridgehead atoms. The topological polar surface area (TPSA) is 237 Å². The summed E-state index contributed by atoms with van der Waals surface area (Å²) in [5.74, 6) is 0.228. The van der Waals surface area contributed by atoms with Gasteiger partial charge in [0.25, 0.3) is 0 Å².